The zero-order valence-electron chi connectivity index (χ0n) is 10.4. The molecule has 0 spiro atoms. The number of nitrogens with zero attached hydrogens (tertiary/aromatic N) is 1. The molecule has 1 atom stereocenters. The standard InChI is InChI=1S/C13H18N2O3/c1-9(16)10-6-7-12(13(8-10)15(17)18)14-11-4-2-3-5-11/h6-9,11,14,16H,2-5H2,1H3. The largest absolute Gasteiger partial charge is 0.389 e. The van der Waals surface area contributed by atoms with Crippen molar-refractivity contribution in [1.29, 1.82) is 0 Å². The molecule has 0 radical (unpaired) electrons. The number of nitro benzene ring substituents is 1. The minimum Gasteiger partial charge on any atom is -0.389 e. The number of anilines is 1. The van der Waals surface area contributed by atoms with E-state index in [9.17, 15) is 15.2 Å². The molecule has 1 aromatic carbocycles. The van der Waals surface area contributed by atoms with Crippen LogP contribution in [-0.4, -0.2) is 16.1 Å². The first-order valence-corrected chi connectivity index (χ1v) is 6.31. The number of hydrogen-bond acceptors (Lipinski definition) is 4. The number of nitrogens with one attached hydrogen (secondary N) is 1. The summed E-state index contributed by atoms with van der Waals surface area (Å²) in [6.07, 6.45) is 3.79. The Morgan fingerprint density at radius 3 is 2.67 bits per heavy atom. The van der Waals surface area contributed by atoms with Crippen LogP contribution in [0.15, 0.2) is 18.2 Å². The maximum atomic E-state index is 11.1. The molecule has 1 saturated carbocycles. The average molecular weight is 250 g/mol. The predicted molar refractivity (Wildman–Crippen MR) is 69.6 cm³/mol. The Morgan fingerprint density at radius 2 is 2.11 bits per heavy atom. The number of hydrogen-bond donors (Lipinski definition) is 2. The number of aliphatic hydroxyl groups excluding tert-OH is 1. The van der Waals surface area contributed by atoms with Crippen molar-refractivity contribution in [1.82, 2.24) is 0 Å². The fourth-order valence-electron chi connectivity index (χ4n) is 2.37. The zero-order chi connectivity index (χ0) is 13.1. The predicted octanol–water partition coefficient (Wildman–Crippen LogP) is 3.00. The molecule has 5 heteroatoms. The Morgan fingerprint density at radius 1 is 1.44 bits per heavy atom. The van der Waals surface area contributed by atoms with Gasteiger partial charge in [-0.25, -0.2) is 0 Å². The van der Waals surface area contributed by atoms with E-state index in [1.807, 2.05) is 0 Å². The van der Waals surface area contributed by atoms with Crippen molar-refractivity contribution in [3.05, 3.63) is 33.9 Å². The first-order valence-electron chi connectivity index (χ1n) is 6.31. The van der Waals surface area contributed by atoms with Gasteiger partial charge in [-0.2, -0.15) is 0 Å². The molecule has 0 heterocycles. The second-order valence-electron chi connectivity index (χ2n) is 4.84. The van der Waals surface area contributed by atoms with Crippen molar-refractivity contribution in [3.8, 4) is 0 Å². The number of aliphatic hydroxyl groups is 1. The van der Waals surface area contributed by atoms with Gasteiger partial charge >= 0.3 is 0 Å². The minimum absolute atomic E-state index is 0.0419. The maximum absolute atomic E-state index is 11.1. The van der Waals surface area contributed by atoms with Gasteiger partial charge in [0, 0.05) is 12.1 Å². The van der Waals surface area contributed by atoms with Crippen LogP contribution in [0.1, 0.15) is 44.3 Å². The fourth-order valence-corrected chi connectivity index (χ4v) is 2.37. The van der Waals surface area contributed by atoms with Crippen molar-refractivity contribution >= 4 is 11.4 Å². The first kappa shape index (κ1) is 12.8. The summed E-state index contributed by atoms with van der Waals surface area (Å²) < 4.78 is 0. The molecule has 1 unspecified atom stereocenters. The summed E-state index contributed by atoms with van der Waals surface area (Å²) in [5.74, 6) is 0. The smallest absolute Gasteiger partial charge is 0.292 e. The molecule has 2 rings (SSSR count). The van der Waals surface area contributed by atoms with Crippen LogP contribution in [-0.2, 0) is 0 Å². The van der Waals surface area contributed by atoms with Gasteiger partial charge in [0.05, 0.1) is 11.0 Å². The summed E-state index contributed by atoms with van der Waals surface area (Å²) in [5.41, 5.74) is 1.16. The van der Waals surface area contributed by atoms with E-state index >= 15 is 0 Å². The molecule has 1 aliphatic carbocycles. The Kier molecular flexibility index (Phi) is 3.81. The van der Waals surface area contributed by atoms with Crippen LogP contribution in [0.2, 0.25) is 0 Å². The van der Waals surface area contributed by atoms with Gasteiger partial charge in [0.2, 0.25) is 0 Å². The van der Waals surface area contributed by atoms with Crippen molar-refractivity contribution in [2.24, 2.45) is 0 Å². The lowest BCUT2D eigenvalue weighted by Gasteiger charge is -2.14. The summed E-state index contributed by atoms with van der Waals surface area (Å²) >= 11 is 0. The maximum Gasteiger partial charge on any atom is 0.292 e. The molecule has 0 amide bonds. The van der Waals surface area contributed by atoms with Crippen molar-refractivity contribution < 1.29 is 10.0 Å². The highest BCUT2D eigenvalue weighted by Gasteiger charge is 2.21. The van der Waals surface area contributed by atoms with Gasteiger partial charge in [0.1, 0.15) is 5.69 Å². The van der Waals surface area contributed by atoms with Crippen LogP contribution < -0.4 is 5.32 Å². The first-order chi connectivity index (χ1) is 8.58. The van der Waals surface area contributed by atoms with Gasteiger partial charge in [0.25, 0.3) is 5.69 Å². The normalized spacial score (nSPS) is 17.7. The second kappa shape index (κ2) is 5.35. The van der Waals surface area contributed by atoms with Gasteiger partial charge < -0.3 is 10.4 Å². The number of nitro groups is 1. The highest BCUT2D eigenvalue weighted by Crippen LogP contribution is 2.31. The van der Waals surface area contributed by atoms with Crippen molar-refractivity contribution in [2.75, 3.05) is 5.32 Å². The van der Waals surface area contributed by atoms with E-state index in [0.29, 0.717) is 17.3 Å². The summed E-state index contributed by atoms with van der Waals surface area (Å²) in [5, 5.41) is 23.7. The molecule has 0 aromatic heterocycles. The number of rotatable bonds is 4. The zero-order valence-corrected chi connectivity index (χ0v) is 10.4. The molecule has 1 aliphatic rings. The van der Waals surface area contributed by atoms with Crippen molar-refractivity contribution in [2.45, 2.75) is 44.8 Å². The highest BCUT2D eigenvalue weighted by atomic mass is 16.6. The lowest BCUT2D eigenvalue weighted by atomic mass is 10.1. The van der Waals surface area contributed by atoms with Gasteiger partial charge in [-0.05, 0) is 31.4 Å². The molecular formula is C13H18N2O3. The molecule has 1 aromatic rings. The van der Waals surface area contributed by atoms with E-state index in [0.717, 1.165) is 12.8 Å². The van der Waals surface area contributed by atoms with Crippen LogP contribution in [0.25, 0.3) is 0 Å². The molecule has 2 N–H and O–H groups in total. The van der Waals surface area contributed by atoms with Crippen LogP contribution in [0, 0.1) is 10.1 Å². The molecule has 1 fully saturated rings. The van der Waals surface area contributed by atoms with E-state index in [1.54, 1.807) is 19.1 Å². The van der Waals surface area contributed by atoms with Gasteiger partial charge in [-0.1, -0.05) is 18.9 Å². The highest BCUT2D eigenvalue weighted by molar-refractivity contribution is 5.63. The topological polar surface area (TPSA) is 75.4 Å². The van der Waals surface area contributed by atoms with Gasteiger partial charge in [-0.3, -0.25) is 10.1 Å². The third-order valence-electron chi connectivity index (χ3n) is 3.42. The summed E-state index contributed by atoms with van der Waals surface area (Å²) in [6.45, 7) is 1.60. The summed E-state index contributed by atoms with van der Waals surface area (Å²) in [7, 11) is 0. The van der Waals surface area contributed by atoms with Crippen LogP contribution in [0.5, 0.6) is 0 Å². The molecule has 0 saturated heterocycles. The summed E-state index contributed by atoms with van der Waals surface area (Å²) in [4.78, 5) is 10.7. The van der Waals surface area contributed by atoms with Crippen molar-refractivity contribution in [3.63, 3.8) is 0 Å². The van der Waals surface area contributed by atoms with E-state index < -0.39 is 11.0 Å². The van der Waals surface area contributed by atoms with E-state index in [4.69, 9.17) is 0 Å². The quantitative estimate of drug-likeness (QED) is 0.636. The van der Waals surface area contributed by atoms with E-state index in [1.165, 1.54) is 18.9 Å². The number of benzene rings is 1. The molecule has 0 aliphatic heterocycles. The lowest BCUT2D eigenvalue weighted by Crippen LogP contribution is -2.15. The molecule has 18 heavy (non-hydrogen) atoms. The van der Waals surface area contributed by atoms with Gasteiger partial charge in [-0.15, -0.1) is 0 Å². The monoisotopic (exact) mass is 250 g/mol. The third kappa shape index (κ3) is 2.79. The van der Waals surface area contributed by atoms with E-state index in [-0.39, 0.29) is 5.69 Å². The molecule has 5 nitrogen and oxygen atoms in total. The SMILES string of the molecule is CC(O)c1ccc(NC2CCCC2)c([N+](=O)[O-])c1. The Balaban J connectivity index is 2.25. The van der Waals surface area contributed by atoms with Crippen LogP contribution in [0.3, 0.4) is 0 Å². The fraction of sp³-hybridized carbons (Fsp3) is 0.538. The third-order valence-corrected chi connectivity index (χ3v) is 3.42. The Hall–Kier alpha value is -1.62. The van der Waals surface area contributed by atoms with Crippen LogP contribution in [0.4, 0.5) is 11.4 Å². The second-order valence-corrected chi connectivity index (χ2v) is 4.84. The van der Waals surface area contributed by atoms with E-state index in [2.05, 4.69) is 5.32 Å². The minimum atomic E-state index is -0.691. The molecule has 98 valence electrons. The summed E-state index contributed by atoms with van der Waals surface area (Å²) in [6, 6.07) is 5.20. The average Bonchev–Trinajstić information content (AvgIpc) is 2.81. The Labute approximate surface area is 106 Å². The Bertz CT molecular complexity index is 440. The van der Waals surface area contributed by atoms with Gasteiger partial charge in [0.15, 0.2) is 0 Å². The van der Waals surface area contributed by atoms with Crippen LogP contribution >= 0.6 is 0 Å². The molecular weight excluding hydrogens is 232 g/mol. The lowest BCUT2D eigenvalue weighted by molar-refractivity contribution is -0.384. The molecule has 0 bridgehead atoms.